The molecule has 0 aliphatic heterocycles. The van der Waals surface area contributed by atoms with Crippen molar-refractivity contribution >= 4 is 0 Å². The first-order chi connectivity index (χ1) is 10.5. The molecule has 0 radical (unpaired) electrons. The van der Waals surface area contributed by atoms with Crippen LogP contribution in [0.5, 0.6) is 11.5 Å². The third-order valence-corrected chi connectivity index (χ3v) is 3.07. The van der Waals surface area contributed by atoms with Crippen LogP contribution in [0.15, 0.2) is 41.2 Å². The largest absolute Gasteiger partial charge is 0.508 e. The molecule has 0 saturated carbocycles. The number of phenolic OH excluding ortho intramolecular Hbond substituents is 2. The monoisotopic (exact) mass is 305 g/mol. The number of rotatable bonds is 2. The molecular formula is C14H9F2N3O3. The van der Waals surface area contributed by atoms with E-state index in [1.807, 2.05) is 0 Å². The van der Waals surface area contributed by atoms with Gasteiger partial charge in [0.1, 0.15) is 11.5 Å². The number of aromatic amines is 1. The van der Waals surface area contributed by atoms with E-state index in [4.69, 9.17) is 0 Å². The Bertz CT molecular complexity index is 918. The average molecular weight is 305 g/mol. The van der Waals surface area contributed by atoms with Crippen molar-refractivity contribution in [2.45, 2.75) is 0 Å². The summed E-state index contributed by atoms with van der Waals surface area (Å²) in [4.78, 5) is 11.9. The van der Waals surface area contributed by atoms with Gasteiger partial charge in [-0.1, -0.05) is 6.07 Å². The Labute approximate surface area is 121 Å². The smallest absolute Gasteiger partial charge is 0.348 e. The van der Waals surface area contributed by atoms with Gasteiger partial charge in [-0.2, -0.15) is 5.10 Å². The van der Waals surface area contributed by atoms with Crippen molar-refractivity contribution < 1.29 is 19.0 Å². The average Bonchev–Trinajstić information content (AvgIpc) is 2.84. The molecule has 22 heavy (non-hydrogen) atoms. The molecule has 0 bridgehead atoms. The summed E-state index contributed by atoms with van der Waals surface area (Å²) in [5, 5.41) is 25.0. The van der Waals surface area contributed by atoms with E-state index in [1.54, 1.807) is 0 Å². The van der Waals surface area contributed by atoms with Gasteiger partial charge >= 0.3 is 5.69 Å². The van der Waals surface area contributed by atoms with Crippen molar-refractivity contribution in [2.75, 3.05) is 0 Å². The summed E-state index contributed by atoms with van der Waals surface area (Å²) in [6, 6.07) is 6.97. The Kier molecular flexibility index (Phi) is 3.13. The normalized spacial score (nSPS) is 10.8. The van der Waals surface area contributed by atoms with Gasteiger partial charge in [0.15, 0.2) is 17.5 Å². The van der Waals surface area contributed by atoms with Crippen LogP contribution in [0.2, 0.25) is 0 Å². The summed E-state index contributed by atoms with van der Waals surface area (Å²) in [7, 11) is 0. The summed E-state index contributed by atoms with van der Waals surface area (Å²) in [6.07, 6.45) is 0. The number of benzene rings is 2. The molecule has 0 aliphatic carbocycles. The van der Waals surface area contributed by atoms with E-state index in [0.29, 0.717) is 0 Å². The minimum Gasteiger partial charge on any atom is -0.508 e. The van der Waals surface area contributed by atoms with Crippen molar-refractivity contribution in [3.05, 3.63) is 58.5 Å². The maximum Gasteiger partial charge on any atom is 0.348 e. The van der Waals surface area contributed by atoms with Crippen LogP contribution >= 0.6 is 0 Å². The van der Waals surface area contributed by atoms with E-state index in [9.17, 15) is 23.8 Å². The quantitative estimate of drug-likeness (QED) is 0.674. The minimum absolute atomic E-state index is 0.0693. The highest BCUT2D eigenvalue weighted by Crippen LogP contribution is 2.31. The highest BCUT2D eigenvalue weighted by Gasteiger charge is 2.19. The zero-order chi connectivity index (χ0) is 15.9. The molecule has 1 aromatic heterocycles. The fourth-order valence-electron chi connectivity index (χ4n) is 2.08. The minimum atomic E-state index is -1.22. The molecule has 0 amide bonds. The van der Waals surface area contributed by atoms with E-state index in [0.717, 1.165) is 16.7 Å². The molecule has 3 aromatic rings. The van der Waals surface area contributed by atoms with Crippen molar-refractivity contribution in [2.24, 2.45) is 0 Å². The summed E-state index contributed by atoms with van der Waals surface area (Å²) < 4.78 is 28.1. The molecule has 112 valence electrons. The van der Waals surface area contributed by atoms with Crippen molar-refractivity contribution in [1.29, 1.82) is 0 Å². The van der Waals surface area contributed by atoms with Crippen LogP contribution in [0.1, 0.15) is 0 Å². The lowest BCUT2D eigenvalue weighted by atomic mass is 10.1. The number of aromatic hydroxyl groups is 2. The summed E-state index contributed by atoms with van der Waals surface area (Å²) in [5.41, 5.74) is -1.08. The molecule has 8 heteroatoms. The summed E-state index contributed by atoms with van der Waals surface area (Å²) in [6.45, 7) is 0. The van der Waals surface area contributed by atoms with E-state index in [2.05, 4.69) is 10.2 Å². The molecule has 0 saturated heterocycles. The predicted octanol–water partition coefficient (Wildman–Crippen LogP) is 1.92. The van der Waals surface area contributed by atoms with Crippen LogP contribution in [-0.4, -0.2) is 25.0 Å². The Balaban J connectivity index is 2.29. The molecular weight excluding hydrogens is 296 g/mol. The van der Waals surface area contributed by atoms with Crippen molar-refractivity contribution in [3.8, 4) is 28.6 Å². The van der Waals surface area contributed by atoms with E-state index in [-0.39, 0.29) is 28.6 Å². The molecule has 0 aliphatic rings. The van der Waals surface area contributed by atoms with E-state index >= 15 is 0 Å². The Morgan fingerprint density at radius 2 is 1.91 bits per heavy atom. The number of halogens is 2. The maximum absolute atomic E-state index is 13.9. The van der Waals surface area contributed by atoms with Gasteiger partial charge in [-0.25, -0.2) is 23.2 Å². The first-order valence-corrected chi connectivity index (χ1v) is 6.13. The first kappa shape index (κ1) is 13.8. The summed E-state index contributed by atoms with van der Waals surface area (Å²) >= 11 is 0. The molecule has 3 N–H and O–H groups in total. The van der Waals surface area contributed by atoms with Gasteiger partial charge < -0.3 is 10.2 Å². The number of phenols is 2. The van der Waals surface area contributed by atoms with Crippen molar-refractivity contribution in [3.63, 3.8) is 0 Å². The topological polar surface area (TPSA) is 91.1 Å². The lowest BCUT2D eigenvalue weighted by molar-refractivity contribution is 0.451. The molecule has 3 rings (SSSR count). The number of H-pyrrole nitrogens is 1. The van der Waals surface area contributed by atoms with Gasteiger partial charge in [0.2, 0.25) is 0 Å². The SMILES string of the molecule is O=c1[nH]nc(-c2ccc(O)cc2O)n1-c1cccc(F)c1F. The Morgan fingerprint density at radius 3 is 2.64 bits per heavy atom. The lowest BCUT2D eigenvalue weighted by Gasteiger charge is -2.08. The number of hydrogen-bond donors (Lipinski definition) is 3. The Morgan fingerprint density at radius 1 is 1.14 bits per heavy atom. The summed E-state index contributed by atoms with van der Waals surface area (Å²) in [5.74, 6) is -3.01. The highest BCUT2D eigenvalue weighted by atomic mass is 19.2. The molecule has 6 nitrogen and oxygen atoms in total. The van der Waals surface area contributed by atoms with E-state index in [1.165, 1.54) is 24.3 Å². The third kappa shape index (κ3) is 2.10. The zero-order valence-corrected chi connectivity index (χ0v) is 10.9. The molecule has 1 heterocycles. The van der Waals surface area contributed by atoms with Gasteiger partial charge in [0.25, 0.3) is 0 Å². The van der Waals surface area contributed by atoms with Gasteiger partial charge in [0.05, 0.1) is 11.3 Å². The third-order valence-electron chi connectivity index (χ3n) is 3.07. The second-order valence-corrected chi connectivity index (χ2v) is 4.46. The molecule has 0 spiro atoms. The fraction of sp³-hybridized carbons (Fsp3) is 0. The maximum atomic E-state index is 13.9. The second-order valence-electron chi connectivity index (χ2n) is 4.46. The van der Waals surface area contributed by atoms with Crippen LogP contribution in [0.25, 0.3) is 17.1 Å². The molecule has 2 aromatic carbocycles. The molecule has 0 fully saturated rings. The van der Waals surface area contributed by atoms with Crippen molar-refractivity contribution in [1.82, 2.24) is 14.8 Å². The van der Waals surface area contributed by atoms with Crippen LogP contribution in [-0.2, 0) is 0 Å². The molecule has 0 unspecified atom stereocenters. The van der Waals surface area contributed by atoms with Gasteiger partial charge in [-0.15, -0.1) is 0 Å². The van der Waals surface area contributed by atoms with Gasteiger partial charge in [-0.05, 0) is 24.3 Å². The number of nitrogens with one attached hydrogen (secondary N) is 1. The standard InChI is InChI=1S/C14H9F2N3O3/c15-9-2-1-3-10(12(9)16)19-13(17-18-14(19)22)8-5-4-7(20)6-11(8)21/h1-6,20-21H,(H,18,22). The van der Waals surface area contributed by atoms with Crippen LogP contribution < -0.4 is 5.69 Å². The Hall–Kier alpha value is -3.16. The molecule has 0 atom stereocenters. The van der Waals surface area contributed by atoms with Gasteiger partial charge in [0, 0.05) is 6.07 Å². The first-order valence-electron chi connectivity index (χ1n) is 6.13. The van der Waals surface area contributed by atoms with Crippen LogP contribution in [0.4, 0.5) is 8.78 Å². The zero-order valence-electron chi connectivity index (χ0n) is 10.9. The second kappa shape index (κ2) is 4.99. The number of hydrogen-bond acceptors (Lipinski definition) is 4. The lowest BCUT2D eigenvalue weighted by Crippen LogP contribution is -2.17. The number of nitrogens with zero attached hydrogens (tertiary/aromatic N) is 2. The van der Waals surface area contributed by atoms with Gasteiger partial charge in [-0.3, -0.25) is 0 Å². The predicted molar refractivity (Wildman–Crippen MR) is 72.9 cm³/mol. The van der Waals surface area contributed by atoms with E-state index < -0.39 is 17.3 Å². The van der Waals surface area contributed by atoms with Crippen LogP contribution in [0.3, 0.4) is 0 Å². The number of aromatic nitrogens is 3. The van der Waals surface area contributed by atoms with Crippen LogP contribution in [0, 0.1) is 11.6 Å². The highest BCUT2D eigenvalue weighted by molar-refractivity contribution is 5.66. The fourth-order valence-corrected chi connectivity index (χ4v) is 2.08.